The molecular weight excluding hydrogens is 361 g/mol. The molecule has 0 spiro atoms. The van der Waals surface area contributed by atoms with Crippen LogP contribution in [0.25, 0.3) is 11.5 Å². The fraction of sp³-hybridized carbons (Fsp3) is 0.467. The average molecular weight is 378 g/mol. The van der Waals surface area contributed by atoms with Gasteiger partial charge in [0, 0.05) is 24.0 Å². The third kappa shape index (κ3) is 6.46. The molecule has 0 bridgehead atoms. The first-order chi connectivity index (χ1) is 11.9. The Morgan fingerprint density at radius 3 is 2.36 bits per heavy atom. The van der Waals surface area contributed by atoms with Crippen LogP contribution in [-0.4, -0.2) is 49.6 Å². The van der Waals surface area contributed by atoms with Gasteiger partial charge < -0.3 is 18.6 Å². The maximum atomic E-state index is 11.9. The lowest BCUT2D eigenvalue weighted by molar-refractivity contribution is -0.173. The second kappa shape index (κ2) is 8.95. The molecule has 0 unspecified atom stereocenters. The highest BCUT2D eigenvalue weighted by molar-refractivity contribution is 7.99. The van der Waals surface area contributed by atoms with E-state index in [1.165, 1.54) is 26.0 Å². The van der Waals surface area contributed by atoms with Crippen LogP contribution in [0.2, 0.25) is 0 Å². The Morgan fingerprint density at radius 1 is 1.08 bits per heavy atom. The van der Waals surface area contributed by atoms with Crippen molar-refractivity contribution in [3.63, 3.8) is 0 Å². The van der Waals surface area contributed by atoms with Gasteiger partial charge in [0.05, 0.1) is 14.2 Å². The fourth-order valence-electron chi connectivity index (χ4n) is 1.82. The van der Waals surface area contributed by atoms with E-state index in [9.17, 15) is 13.2 Å². The largest absolute Gasteiger partial charge is 0.497 e. The van der Waals surface area contributed by atoms with Gasteiger partial charge in [-0.1, -0.05) is 11.8 Å². The highest BCUT2D eigenvalue weighted by atomic mass is 32.2. The minimum Gasteiger partial charge on any atom is -0.497 e. The predicted octanol–water partition coefficient (Wildman–Crippen LogP) is 3.81. The van der Waals surface area contributed by atoms with Gasteiger partial charge in [0.25, 0.3) is 5.22 Å². The zero-order valence-electron chi connectivity index (χ0n) is 13.6. The Kier molecular flexibility index (Phi) is 6.94. The van der Waals surface area contributed by atoms with Gasteiger partial charge in [0.2, 0.25) is 5.89 Å². The van der Waals surface area contributed by atoms with Gasteiger partial charge in [-0.3, -0.25) is 0 Å². The van der Waals surface area contributed by atoms with Gasteiger partial charge >= 0.3 is 6.18 Å². The van der Waals surface area contributed by atoms with Crippen LogP contribution in [0.5, 0.6) is 11.5 Å². The lowest BCUT2D eigenvalue weighted by Gasteiger charge is -2.06. The molecule has 0 fully saturated rings. The second-order valence-electron chi connectivity index (χ2n) is 4.84. The van der Waals surface area contributed by atoms with E-state index in [2.05, 4.69) is 14.9 Å². The summed E-state index contributed by atoms with van der Waals surface area (Å²) in [7, 11) is 3.07. The number of aromatic nitrogens is 2. The monoisotopic (exact) mass is 378 g/mol. The first-order valence-electron chi connectivity index (χ1n) is 7.25. The number of rotatable bonds is 9. The smallest absolute Gasteiger partial charge is 0.411 e. The standard InChI is InChI=1S/C15H17F3N2O4S/c1-21-11-6-10(7-12(8-11)22-2)13-19-20-14(24-13)25-5-3-4-23-9-15(16,17)18/h6-8H,3-5,9H2,1-2H3. The summed E-state index contributed by atoms with van der Waals surface area (Å²) in [5.74, 6) is 1.97. The molecule has 0 radical (unpaired) electrons. The van der Waals surface area contributed by atoms with E-state index in [4.69, 9.17) is 13.9 Å². The number of ether oxygens (including phenoxy) is 3. The van der Waals surface area contributed by atoms with E-state index in [0.717, 1.165) is 0 Å². The SMILES string of the molecule is COc1cc(OC)cc(-c2nnc(SCCCOCC(F)(F)F)o2)c1. The third-order valence-electron chi connectivity index (χ3n) is 2.93. The maximum absolute atomic E-state index is 11.9. The van der Waals surface area contributed by atoms with Crippen molar-refractivity contribution in [1.82, 2.24) is 10.2 Å². The molecule has 1 aromatic carbocycles. The summed E-state index contributed by atoms with van der Waals surface area (Å²) >= 11 is 1.25. The average Bonchev–Trinajstić information content (AvgIpc) is 3.05. The van der Waals surface area contributed by atoms with Crippen molar-refractivity contribution in [3.05, 3.63) is 18.2 Å². The molecule has 1 heterocycles. The number of nitrogens with zero attached hydrogens (tertiary/aromatic N) is 2. The Labute approximate surface area is 146 Å². The molecule has 0 aliphatic rings. The highest BCUT2D eigenvalue weighted by Gasteiger charge is 2.27. The molecule has 25 heavy (non-hydrogen) atoms. The molecule has 2 rings (SSSR count). The summed E-state index contributed by atoms with van der Waals surface area (Å²) in [4.78, 5) is 0. The lowest BCUT2D eigenvalue weighted by atomic mass is 10.2. The number of methoxy groups -OCH3 is 2. The van der Waals surface area contributed by atoms with Crippen LogP contribution in [0.4, 0.5) is 13.2 Å². The van der Waals surface area contributed by atoms with Crippen LogP contribution in [0.15, 0.2) is 27.8 Å². The fourth-order valence-corrected chi connectivity index (χ4v) is 2.50. The molecule has 6 nitrogen and oxygen atoms in total. The molecule has 0 aliphatic carbocycles. The third-order valence-corrected chi connectivity index (χ3v) is 3.83. The van der Waals surface area contributed by atoms with Crippen molar-refractivity contribution < 1.29 is 31.8 Å². The lowest BCUT2D eigenvalue weighted by Crippen LogP contribution is -2.17. The van der Waals surface area contributed by atoms with E-state index in [0.29, 0.717) is 40.3 Å². The predicted molar refractivity (Wildman–Crippen MR) is 85.1 cm³/mol. The van der Waals surface area contributed by atoms with E-state index in [1.807, 2.05) is 0 Å². The first-order valence-corrected chi connectivity index (χ1v) is 8.24. The van der Waals surface area contributed by atoms with E-state index < -0.39 is 12.8 Å². The molecule has 0 amide bonds. The maximum Gasteiger partial charge on any atom is 0.411 e. The van der Waals surface area contributed by atoms with E-state index >= 15 is 0 Å². The van der Waals surface area contributed by atoms with Gasteiger partial charge in [-0.25, -0.2) is 0 Å². The molecule has 138 valence electrons. The Morgan fingerprint density at radius 2 is 1.76 bits per heavy atom. The number of halogens is 3. The molecule has 10 heteroatoms. The summed E-state index contributed by atoms with van der Waals surface area (Å²) in [6, 6.07) is 5.18. The topological polar surface area (TPSA) is 66.6 Å². The molecule has 2 aromatic rings. The van der Waals surface area contributed by atoms with Gasteiger partial charge in [0.15, 0.2) is 0 Å². The minimum atomic E-state index is -4.30. The van der Waals surface area contributed by atoms with Crippen LogP contribution in [0.1, 0.15) is 6.42 Å². The Hall–Kier alpha value is -1.94. The minimum absolute atomic E-state index is 0.0145. The molecule has 0 aliphatic heterocycles. The highest BCUT2D eigenvalue weighted by Crippen LogP contribution is 2.30. The van der Waals surface area contributed by atoms with E-state index in [1.54, 1.807) is 18.2 Å². The molecule has 1 aromatic heterocycles. The molecule has 0 atom stereocenters. The van der Waals surface area contributed by atoms with Gasteiger partial charge in [-0.2, -0.15) is 13.2 Å². The van der Waals surface area contributed by atoms with Crippen LogP contribution >= 0.6 is 11.8 Å². The Bertz CT molecular complexity index is 657. The van der Waals surface area contributed by atoms with Crippen LogP contribution in [-0.2, 0) is 4.74 Å². The molecule has 0 N–H and O–H groups in total. The molecule has 0 saturated carbocycles. The van der Waals surface area contributed by atoms with Gasteiger partial charge in [-0.15, -0.1) is 10.2 Å². The second-order valence-corrected chi connectivity index (χ2v) is 5.89. The molecule has 0 saturated heterocycles. The molecular formula is C15H17F3N2O4S. The summed E-state index contributed by atoms with van der Waals surface area (Å²) in [5, 5.41) is 8.19. The Balaban J connectivity index is 1.86. The van der Waals surface area contributed by atoms with Crippen molar-refractivity contribution in [2.24, 2.45) is 0 Å². The van der Waals surface area contributed by atoms with Crippen molar-refractivity contribution >= 4 is 11.8 Å². The van der Waals surface area contributed by atoms with Crippen molar-refractivity contribution in [1.29, 1.82) is 0 Å². The normalized spacial score (nSPS) is 11.6. The van der Waals surface area contributed by atoms with Crippen molar-refractivity contribution in [2.45, 2.75) is 17.8 Å². The number of benzene rings is 1. The quantitative estimate of drug-likeness (QED) is 0.485. The number of hydrogen-bond acceptors (Lipinski definition) is 7. The number of alkyl halides is 3. The zero-order valence-corrected chi connectivity index (χ0v) is 14.4. The van der Waals surface area contributed by atoms with Crippen molar-refractivity contribution in [2.75, 3.05) is 33.2 Å². The van der Waals surface area contributed by atoms with Gasteiger partial charge in [-0.05, 0) is 18.6 Å². The zero-order chi connectivity index (χ0) is 18.3. The van der Waals surface area contributed by atoms with E-state index in [-0.39, 0.29) is 6.61 Å². The summed E-state index contributed by atoms with van der Waals surface area (Å²) in [5.41, 5.74) is 0.643. The summed E-state index contributed by atoms with van der Waals surface area (Å²) in [6.07, 6.45) is -3.86. The number of thioether (sulfide) groups is 1. The van der Waals surface area contributed by atoms with Crippen LogP contribution < -0.4 is 9.47 Å². The van der Waals surface area contributed by atoms with Crippen molar-refractivity contribution in [3.8, 4) is 23.0 Å². The summed E-state index contributed by atoms with van der Waals surface area (Å²) in [6.45, 7) is -1.22. The number of hydrogen-bond donors (Lipinski definition) is 0. The van der Waals surface area contributed by atoms with Crippen LogP contribution in [0.3, 0.4) is 0 Å². The van der Waals surface area contributed by atoms with Gasteiger partial charge in [0.1, 0.15) is 18.1 Å². The summed E-state index contributed by atoms with van der Waals surface area (Å²) < 4.78 is 56.2. The van der Waals surface area contributed by atoms with Crippen LogP contribution in [0, 0.1) is 0 Å². The first kappa shape index (κ1) is 19.4.